The minimum absolute atomic E-state index is 0.217. The van der Waals surface area contributed by atoms with Gasteiger partial charge in [-0.05, 0) is 18.6 Å². The number of carboxylic acid groups (broad SMARTS) is 1. The van der Waals surface area contributed by atoms with Gasteiger partial charge in [-0.25, -0.2) is 0 Å². The maximum atomic E-state index is 12.0. The van der Waals surface area contributed by atoms with E-state index in [1.807, 2.05) is 19.1 Å². The highest BCUT2D eigenvalue weighted by Gasteiger charge is 2.11. The van der Waals surface area contributed by atoms with Crippen LogP contribution in [0.25, 0.3) is 0 Å². The molecule has 7 heteroatoms. The Balaban J connectivity index is 2.09. The highest BCUT2D eigenvalue weighted by Crippen LogP contribution is 2.09. The third kappa shape index (κ3) is 3.15. The van der Waals surface area contributed by atoms with E-state index >= 15 is 0 Å². The van der Waals surface area contributed by atoms with Crippen molar-refractivity contribution in [1.29, 1.82) is 0 Å². The van der Waals surface area contributed by atoms with Crippen LogP contribution < -0.4 is 5.32 Å². The molecule has 0 aliphatic rings. The van der Waals surface area contributed by atoms with Gasteiger partial charge in [-0.3, -0.25) is 9.59 Å². The Bertz CT molecular complexity index is 621. The van der Waals surface area contributed by atoms with Gasteiger partial charge in [0.15, 0.2) is 12.4 Å². The van der Waals surface area contributed by atoms with Gasteiger partial charge in [0.2, 0.25) is 0 Å². The number of carbonyl (C=O) groups is 2. The van der Waals surface area contributed by atoms with E-state index in [0.717, 1.165) is 10.4 Å². The van der Waals surface area contributed by atoms with Gasteiger partial charge in [0.1, 0.15) is 0 Å². The molecule has 1 aromatic heterocycles. The Morgan fingerprint density at radius 1 is 1.37 bits per heavy atom. The number of anilines is 1. The fraction of sp³-hybridized carbons (Fsp3) is 0.167. The molecule has 0 unspecified atom stereocenters. The van der Waals surface area contributed by atoms with Crippen LogP contribution in [-0.2, 0) is 11.3 Å². The molecule has 0 aliphatic heterocycles. The molecule has 0 radical (unpaired) electrons. The fourth-order valence-corrected chi connectivity index (χ4v) is 1.56. The molecular formula is C12H12N4O3. The van der Waals surface area contributed by atoms with E-state index in [1.165, 1.54) is 6.20 Å². The summed E-state index contributed by atoms with van der Waals surface area (Å²) in [4.78, 5) is 23.4. The molecular weight excluding hydrogens is 248 g/mol. The van der Waals surface area contributed by atoms with Crippen LogP contribution in [0.3, 0.4) is 0 Å². The number of aliphatic carboxylic acids is 1. The second-order valence-corrected chi connectivity index (χ2v) is 3.92. The third-order valence-corrected chi connectivity index (χ3v) is 2.44. The fourth-order valence-electron chi connectivity index (χ4n) is 1.56. The number of nitrogens with one attached hydrogen (secondary N) is 1. The summed E-state index contributed by atoms with van der Waals surface area (Å²) in [5, 5.41) is 18.7. The zero-order valence-corrected chi connectivity index (χ0v) is 10.2. The van der Waals surface area contributed by atoms with Crippen molar-refractivity contribution < 1.29 is 14.7 Å². The van der Waals surface area contributed by atoms with Gasteiger partial charge >= 0.3 is 5.97 Å². The lowest BCUT2D eigenvalue weighted by atomic mass is 10.1. The summed E-state index contributed by atoms with van der Waals surface area (Å²) >= 11 is 0. The molecule has 7 nitrogen and oxygen atoms in total. The van der Waals surface area contributed by atoms with Crippen molar-refractivity contribution in [1.82, 2.24) is 15.0 Å². The number of hydrogen-bond donors (Lipinski definition) is 2. The standard InChI is InChI=1S/C12H12N4O3/c1-8-4-2-3-5-9(8)12(19)14-10-6-13-16(15-10)7-11(17)18/h2-6H,7H2,1H3,(H,17,18)(H,14,15,19). The smallest absolute Gasteiger partial charge is 0.327 e. The van der Waals surface area contributed by atoms with E-state index in [4.69, 9.17) is 5.11 Å². The van der Waals surface area contributed by atoms with Crippen LogP contribution in [0.5, 0.6) is 0 Å². The maximum absolute atomic E-state index is 12.0. The third-order valence-electron chi connectivity index (χ3n) is 2.44. The molecule has 2 rings (SSSR count). The van der Waals surface area contributed by atoms with Gasteiger partial charge in [-0.2, -0.15) is 9.90 Å². The first-order chi connectivity index (χ1) is 9.06. The number of aromatic nitrogens is 3. The molecule has 19 heavy (non-hydrogen) atoms. The first-order valence-electron chi connectivity index (χ1n) is 5.55. The Labute approximate surface area is 108 Å². The normalized spacial score (nSPS) is 10.2. The molecule has 0 fully saturated rings. The molecule has 1 aromatic carbocycles. The van der Waals surface area contributed by atoms with Gasteiger partial charge in [-0.15, -0.1) is 5.10 Å². The van der Waals surface area contributed by atoms with Gasteiger partial charge in [0, 0.05) is 5.56 Å². The molecule has 0 atom stereocenters. The van der Waals surface area contributed by atoms with Gasteiger partial charge in [-0.1, -0.05) is 18.2 Å². The Hall–Kier alpha value is -2.70. The quantitative estimate of drug-likeness (QED) is 0.852. The predicted molar refractivity (Wildman–Crippen MR) is 66.8 cm³/mol. The van der Waals surface area contributed by atoms with E-state index < -0.39 is 5.97 Å². The van der Waals surface area contributed by atoms with E-state index in [1.54, 1.807) is 12.1 Å². The summed E-state index contributed by atoms with van der Waals surface area (Å²) in [7, 11) is 0. The monoisotopic (exact) mass is 260 g/mol. The minimum Gasteiger partial charge on any atom is -0.480 e. The van der Waals surface area contributed by atoms with Crippen molar-refractivity contribution in [2.45, 2.75) is 13.5 Å². The topological polar surface area (TPSA) is 97.1 Å². The number of hydrogen-bond acceptors (Lipinski definition) is 4. The Morgan fingerprint density at radius 3 is 2.79 bits per heavy atom. The lowest BCUT2D eigenvalue weighted by molar-refractivity contribution is -0.138. The number of carbonyl (C=O) groups excluding carboxylic acids is 1. The van der Waals surface area contributed by atoms with Crippen molar-refractivity contribution in [2.24, 2.45) is 0 Å². The molecule has 0 bridgehead atoms. The van der Waals surface area contributed by atoms with E-state index in [-0.39, 0.29) is 18.3 Å². The second-order valence-electron chi connectivity index (χ2n) is 3.92. The molecule has 1 heterocycles. The molecule has 98 valence electrons. The van der Waals surface area contributed by atoms with Crippen LogP contribution in [0, 0.1) is 6.92 Å². The second kappa shape index (κ2) is 5.30. The van der Waals surface area contributed by atoms with E-state index in [0.29, 0.717) is 5.56 Å². The lowest BCUT2D eigenvalue weighted by Gasteiger charge is -2.04. The number of nitrogens with zero attached hydrogens (tertiary/aromatic N) is 3. The predicted octanol–water partition coefficient (Wildman–Crippen LogP) is 0.923. The summed E-state index contributed by atoms with van der Waals surface area (Å²) < 4.78 is 0. The average Bonchev–Trinajstić information content (AvgIpc) is 2.76. The molecule has 2 N–H and O–H groups in total. The largest absolute Gasteiger partial charge is 0.480 e. The number of benzene rings is 1. The molecule has 0 aliphatic carbocycles. The summed E-state index contributed by atoms with van der Waals surface area (Å²) in [5.74, 6) is -1.14. The molecule has 0 spiro atoms. The van der Waals surface area contributed by atoms with Crippen LogP contribution in [-0.4, -0.2) is 32.0 Å². The van der Waals surface area contributed by atoms with Crippen molar-refractivity contribution in [3.63, 3.8) is 0 Å². The number of aryl methyl sites for hydroxylation is 1. The SMILES string of the molecule is Cc1ccccc1C(=O)Nc1cnn(CC(=O)O)n1. The summed E-state index contributed by atoms with van der Waals surface area (Å²) in [6, 6.07) is 7.14. The highest BCUT2D eigenvalue weighted by atomic mass is 16.4. The zero-order valence-electron chi connectivity index (χ0n) is 10.2. The zero-order chi connectivity index (χ0) is 13.8. The van der Waals surface area contributed by atoms with Crippen molar-refractivity contribution >= 4 is 17.7 Å². The highest BCUT2D eigenvalue weighted by molar-refractivity contribution is 6.04. The lowest BCUT2D eigenvalue weighted by Crippen LogP contribution is -2.15. The molecule has 1 amide bonds. The van der Waals surface area contributed by atoms with Crippen LogP contribution >= 0.6 is 0 Å². The number of carboxylic acids is 1. The van der Waals surface area contributed by atoms with Gasteiger partial charge in [0.05, 0.1) is 6.20 Å². The van der Waals surface area contributed by atoms with E-state index in [9.17, 15) is 9.59 Å². The maximum Gasteiger partial charge on any atom is 0.327 e. The van der Waals surface area contributed by atoms with Crippen molar-refractivity contribution in [2.75, 3.05) is 5.32 Å². The summed E-state index contributed by atoms with van der Waals surface area (Å²) in [6.45, 7) is 1.48. The Morgan fingerprint density at radius 2 is 2.11 bits per heavy atom. The number of rotatable bonds is 4. The van der Waals surface area contributed by atoms with Crippen LogP contribution in [0.2, 0.25) is 0 Å². The van der Waals surface area contributed by atoms with Crippen LogP contribution in [0.4, 0.5) is 5.82 Å². The Kier molecular flexibility index (Phi) is 3.56. The number of amides is 1. The first-order valence-corrected chi connectivity index (χ1v) is 5.55. The van der Waals surface area contributed by atoms with Gasteiger partial charge < -0.3 is 10.4 Å². The average molecular weight is 260 g/mol. The van der Waals surface area contributed by atoms with Crippen LogP contribution in [0.1, 0.15) is 15.9 Å². The minimum atomic E-state index is -1.05. The van der Waals surface area contributed by atoms with Crippen LogP contribution in [0.15, 0.2) is 30.5 Å². The summed E-state index contributed by atoms with van der Waals surface area (Å²) in [6.07, 6.45) is 1.30. The summed E-state index contributed by atoms with van der Waals surface area (Å²) in [5.41, 5.74) is 1.38. The van der Waals surface area contributed by atoms with Crippen molar-refractivity contribution in [3.8, 4) is 0 Å². The molecule has 2 aromatic rings. The van der Waals surface area contributed by atoms with E-state index in [2.05, 4.69) is 15.5 Å². The molecule has 0 saturated carbocycles. The molecule has 0 saturated heterocycles. The van der Waals surface area contributed by atoms with Crippen molar-refractivity contribution in [3.05, 3.63) is 41.6 Å². The first kappa shape index (κ1) is 12.7. The van der Waals surface area contributed by atoms with Gasteiger partial charge in [0.25, 0.3) is 5.91 Å².